The minimum absolute atomic E-state index is 0.316. The summed E-state index contributed by atoms with van der Waals surface area (Å²) in [5.41, 5.74) is 2.07. The van der Waals surface area contributed by atoms with Gasteiger partial charge in [-0.3, -0.25) is 9.69 Å². The van der Waals surface area contributed by atoms with Gasteiger partial charge in [0.1, 0.15) is 0 Å². The van der Waals surface area contributed by atoms with Crippen molar-refractivity contribution >= 4 is 5.78 Å². The maximum atomic E-state index is 12.8. The number of Topliss-reactive ketones (excluding diaryl/α,β-unsaturated/α-hetero) is 1. The smallest absolute Gasteiger partial charge is 0.157 e. The van der Waals surface area contributed by atoms with Crippen molar-refractivity contribution in [2.45, 2.75) is 45.6 Å². The number of ketones is 1. The molecule has 1 heterocycles. The minimum atomic E-state index is -0.368. The maximum absolute atomic E-state index is 12.8. The van der Waals surface area contributed by atoms with Gasteiger partial charge in [0.2, 0.25) is 0 Å². The molecule has 0 bridgehead atoms. The molecule has 1 aromatic carbocycles. The van der Waals surface area contributed by atoms with Gasteiger partial charge in [-0.15, -0.1) is 0 Å². The number of hydrogen-bond donors (Lipinski definition) is 0. The quantitative estimate of drug-likeness (QED) is 0.806. The van der Waals surface area contributed by atoms with Crippen LogP contribution in [0.5, 0.6) is 0 Å². The second-order valence-corrected chi connectivity index (χ2v) is 6.00. The SMILES string of the molecule is CCc1ccc(CC(=O)C(C)(CC)N2CCOCC2)cc1. The molecule has 1 aromatic rings. The molecule has 2 rings (SSSR count). The van der Waals surface area contributed by atoms with Gasteiger partial charge in [0.25, 0.3) is 0 Å². The lowest BCUT2D eigenvalue weighted by atomic mass is 9.86. The number of hydrogen-bond acceptors (Lipinski definition) is 3. The highest BCUT2D eigenvalue weighted by Crippen LogP contribution is 2.24. The molecule has 0 radical (unpaired) electrons. The molecule has 21 heavy (non-hydrogen) atoms. The molecule has 3 heteroatoms. The van der Waals surface area contributed by atoms with Crippen molar-refractivity contribution in [2.75, 3.05) is 26.3 Å². The molecule has 0 aromatic heterocycles. The van der Waals surface area contributed by atoms with E-state index in [-0.39, 0.29) is 5.54 Å². The average Bonchev–Trinajstić information content (AvgIpc) is 2.55. The molecule has 116 valence electrons. The van der Waals surface area contributed by atoms with Gasteiger partial charge in [0.05, 0.1) is 18.8 Å². The van der Waals surface area contributed by atoms with Crippen LogP contribution in [-0.2, 0) is 22.4 Å². The second-order valence-electron chi connectivity index (χ2n) is 6.00. The van der Waals surface area contributed by atoms with E-state index in [1.165, 1.54) is 5.56 Å². The lowest BCUT2D eigenvalue weighted by Gasteiger charge is -2.41. The van der Waals surface area contributed by atoms with Crippen molar-refractivity contribution in [3.8, 4) is 0 Å². The van der Waals surface area contributed by atoms with Crippen LogP contribution in [0.4, 0.5) is 0 Å². The summed E-state index contributed by atoms with van der Waals surface area (Å²) in [6.07, 6.45) is 2.40. The topological polar surface area (TPSA) is 29.5 Å². The predicted octanol–water partition coefficient (Wildman–Crippen LogP) is 2.86. The summed E-state index contributed by atoms with van der Waals surface area (Å²) in [7, 11) is 0. The molecule has 1 unspecified atom stereocenters. The van der Waals surface area contributed by atoms with Gasteiger partial charge >= 0.3 is 0 Å². The maximum Gasteiger partial charge on any atom is 0.157 e. The van der Waals surface area contributed by atoms with Gasteiger partial charge in [0, 0.05) is 19.5 Å². The highest BCUT2D eigenvalue weighted by Gasteiger charge is 2.37. The molecule has 1 fully saturated rings. The molecular weight excluding hydrogens is 262 g/mol. The van der Waals surface area contributed by atoms with E-state index in [1.807, 2.05) is 0 Å². The number of benzene rings is 1. The Morgan fingerprint density at radius 3 is 2.24 bits per heavy atom. The van der Waals surface area contributed by atoms with Gasteiger partial charge in [-0.05, 0) is 30.9 Å². The molecule has 0 spiro atoms. The first-order chi connectivity index (χ1) is 10.1. The number of nitrogens with zero attached hydrogens (tertiary/aromatic N) is 1. The van der Waals surface area contributed by atoms with Crippen molar-refractivity contribution in [3.63, 3.8) is 0 Å². The monoisotopic (exact) mass is 289 g/mol. The Balaban J connectivity index is 2.07. The van der Waals surface area contributed by atoms with Gasteiger partial charge in [-0.2, -0.15) is 0 Å². The van der Waals surface area contributed by atoms with Crippen LogP contribution in [0.2, 0.25) is 0 Å². The van der Waals surface area contributed by atoms with E-state index in [1.54, 1.807) is 0 Å². The largest absolute Gasteiger partial charge is 0.379 e. The third-order valence-electron chi connectivity index (χ3n) is 4.79. The Bertz CT molecular complexity index is 463. The Morgan fingerprint density at radius 1 is 1.14 bits per heavy atom. The van der Waals surface area contributed by atoms with E-state index in [0.29, 0.717) is 12.2 Å². The van der Waals surface area contributed by atoms with Crippen LogP contribution in [-0.4, -0.2) is 42.5 Å². The number of ether oxygens (including phenoxy) is 1. The predicted molar refractivity (Wildman–Crippen MR) is 85.6 cm³/mol. The van der Waals surface area contributed by atoms with Crippen molar-refractivity contribution < 1.29 is 9.53 Å². The Hall–Kier alpha value is -1.19. The van der Waals surface area contributed by atoms with E-state index in [4.69, 9.17) is 4.74 Å². The first-order valence-electron chi connectivity index (χ1n) is 8.04. The zero-order valence-corrected chi connectivity index (χ0v) is 13.5. The fourth-order valence-corrected chi connectivity index (χ4v) is 2.92. The lowest BCUT2D eigenvalue weighted by Crippen LogP contribution is -2.56. The standard InChI is InChI=1S/C18H27NO2/c1-4-15-6-8-16(9-7-15)14-17(20)18(3,5-2)19-10-12-21-13-11-19/h6-9H,4-5,10-14H2,1-3H3. The van der Waals surface area contributed by atoms with Crippen molar-refractivity contribution in [2.24, 2.45) is 0 Å². The molecule has 0 N–H and O–H groups in total. The summed E-state index contributed by atoms with van der Waals surface area (Å²) in [4.78, 5) is 15.1. The fourth-order valence-electron chi connectivity index (χ4n) is 2.92. The lowest BCUT2D eigenvalue weighted by molar-refractivity contribution is -0.133. The average molecular weight is 289 g/mol. The van der Waals surface area contributed by atoms with Crippen LogP contribution < -0.4 is 0 Å². The van der Waals surface area contributed by atoms with Crippen LogP contribution in [0.3, 0.4) is 0 Å². The van der Waals surface area contributed by atoms with Crippen LogP contribution in [0, 0.1) is 0 Å². The third-order valence-corrected chi connectivity index (χ3v) is 4.79. The van der Waals surface area contributed by atoms with E-state index in [0.717, 1.165) is 44.7 Å². The minimum Gasteiger partial charge on any atom is -0.379 e. The first kappa shape index (κ1) is 16.2. The summed E-state index contributed by atoms with van der Waals surface area (Å²) in [5.74, 6) is 0.316. The first-order valence-corrected chi connectivity index (χ1v) is 8.04. The normalized spacial score (nSPS) is 19.2. The van der Waals surface area contributed by atoms with Gasteiger partial charge in [-0.25, -0.2) is 0 Å². The highest BCUT2D eigenvalue weighted by atomic mass is 16.5. The van der Waals surface area contributed by atoms with E-state index in [2.05, 4.69) is 49.9 Å². The van der Waals surface area contributed by atoms with Crippen molar-refractivity contribution in [1.82, 2.24) is 4.90 Å². The molecule has 0 amide bonds. The summed E-state index contributed by atoms with van der Waals surface area (Å²) in [5, 5.41) is 0. The molecule has 1 saturated heterocycles. The molecule has 1 aliphatic heterocycles. The molecule has 1 atom stereocenters. The van der Waals surface area contributed by atoms with Crippen LogP contribution in [0.25, 0.3) is 0 Å². The highest BCUT2D eigenvalue weighted by molar-refractivity contribution is 5.89. The zero-order valence-electron chi connectivity index (χ0n) is 13.5. The molecule has 1 aliphatic rings. The van der Waals surface area contributed by atoms with Gasteiger partial charge in [0.15, 0.2) is 5.78 Å². The number of aryl methyl sites for hydroxylation is 1. The van der Waals surface area contributed by atoms with Crippen LogP contribution >= 0.6 is 0 Å². The zero-order chi connectivity index (χ0) is 15.3. The number of carbonyl (C=O) groups is 1. The van der Waals surface area contributed by atoms with Crippen LogP contribution in [0.1, 0.15) is 38.3 Å². The molecular formula is C18H27NO2. The number of carbonyl (C=O) groups excluding carboxylic acids is 1. The van der Waals surface area contributed by atoms with E-state index in [9.17, 15) is 4.79 Å². The van der Waals surface area contributed by atoms with Crippen LogP contribution in [0.15, 0.2) is 24.3 Å². The number of rotatable bonds is 6. The molecule has 0 aliphatic carbocycles. The number of morpholine rings is 1. The third kappa shape index (κ3) is 3.72. The van der Waals surface area contributed by atoms with Gasteiger partial charge in [-0.1, -0.05) is 38.1 Å². The second kappa shape index (κ2) is 7.19. The Labute approximate surface area is 128 Å². The summed E-state index contributed by atoms with van der Waals surface area (Å²) < 4.78 is 5.41. The Kier molecular flexibility index (Phi) is 5.54. The van der Waals surface area contributed by atoms with Crippen molar-refractivity contribution in [1.29, 1.82) is 0 Å². The summed E-state index contributed by atoms with van der Waals surface area (Å²) in [6.45, 7) is 9.50. The Morgan fingerprint density at radius 2 is 1.71 bits per heavy atom. The molecule has 3 nitrogen and oxygen atoms in total. The fraction of sp³-hybridized carbons (Fsp3) is 0.611. The van der Waals surface area contributed by atoms with E-state index >= 15 is 0 Å². The molecule has 0 saturated carbocycles. The summed E-state index contributed by atoms with van der Waals surface area (Å²) in [6, 6.07) is 8.43. The summed E-state index contributed by atoms with van der Waals surface area (Å²) >= 11 is 0. The van der Waals surface area contributed by atoms with Crippen molar-refractivity contribution in [3.05, 3.63) is 35.4 Å². The van der Waals surface area contributed by atoms with Gasteiger partial charge < -0.3 is 4.74 Å². The van der Waals surface area contributed by atoms with E-state index < -0.39 is 0 Å².